The number of ether oxygens (including phenoxy) is 1. The van der Waals surface area contributed by atoms with Gasteiger partial charge in [0.1, 0.15) is 12.4 Å². The maximum absolute atomic E-state index is 11.3. The van der Waals surface area contributed by atoms with Crippen LogP contribution in [0.1, 0.15) is 10.4 Å². The summed E-state index contributed by atoms with van der Waals surface area (Å²) in [6.07, 6.45) is 0. The molecule has 8 heteroatoms. The Labute approximate surface area is 114 Å². The first-order valence-corrected chi connectivity index (χ1v) is 5.94. The van der Waals surface area contributed by atoms with Crippen LogP contribution in [-0.4, -0.2) is 42.4 Å². The molecule has 4 N–H and O–H groups in total. The molecule has 0 unspecified atom stereocenters. The number of nitrogens with one attached hydrogen (secondary N) is 2. The number of nitrogens with two attached hydrogens (primary N) is 1. The molecule has 0 aromatic heterocycles. The van der Waals surface area contributed by atoms with Crippen LogP contribution in [0.4, 0.5) is 4.79 Å². The summed E-state index contributed by atoms with van der Waals surface area (Å²) in [5.74, 6) is 4.79. The van der Waals surface area contributed by atoms with Crippen molar-refractivity contribution in [1.82, 2.24) is 15.6 Å². The number of carbonyl (C=O) groups excluding carboxylic acids is 3. The molecule has 0 saturated carbocycles. The van der Waals surface area contributed by atoms with Gasteiger partial charge in [0.15, 0.2) is 0 Å². The van der Waals surface area contributed by atoms with Gasteiger partial charge in [-0.05, 0) is 18.2 Å². The second-order valence-corrected chi connectivity index (χ2v) is 4.05. The summed E-state index contributed by atoms with van der Waals surface area (Å²) in [7, 11) is 0. The zero-order chi connectivity index (χ0) is 14.5. The lowest BCUT2D eigenvalue weighted by molar-refractivity contribution is -0.125. The van der Waals surface area contributed by atoms with Gasteiger partial charge < -0.3 is 10.1 Å². The van der Waals surface area contributed by atoms with Gasteiger partial charge in [-0.2, -0.15) is 0 Å². The van der Waals surface area contributed by atoms with Crippen LogP contribution in [0, 0.1) is 0 Å². The van der Waals surface area contributed by atoms with E-state index in [-0.39, 0.29) is 25.6 Å². The number of amides is 4. The van der Waals surface area contributed by atoms with E-state index >= 15 is 0 Å². The number of hydrazine groups is 1. The zero-order valence-corrected chi connectivity index (χ0v) is 10.6. The number of benzene rings is 1. The predicted molar refractivity (Wildman–Crippen MR) is 68.7 cm³/mol. The smallest absolute Gasteiger partial charge is 0.324 e. The van der Waals surface area contributed by atoms with Crippen LogP contribution in [0.25, 0.3) is 0 Å². The highest BCUT2D eigenvalue weighted by molar-refractivity contribution is 6.01. The van der Waals surface area contributed by atoms with E-state index in [1.165, 1.54) is 6.07 Å². The lowest BCUT2D eigenvalue weighted by atomic mass is 10.2. The molecule has 0 aliphatic carbocycles. The zero-order valence-electron chi connectivity index (χ0n) is 10.6. The topological polar surface area (TPSA) is 114 Å². The van der Waals surface area contributed by atoms with Gasteiger partial charge in [0, 0.05) is 5.56 Å². The summed E-state index contributed by atoms with van der Waals surface area (Å²) in [5, 5.41) is 2.41. The molecule has 1 heterocycles. The summed E-state index contributed by atoms with van der Waals surface area (Å²) < 4.78 is 5.41. The highest BCUT2D eigenvalue weighted by Crippen LogP contribution is 2.13. The fraction of sp³-hybridized carbons (Fsp3) is 0.250. The van der Waals surface area contributed by atoms with Crippen molar-refractivity contribution in [2.45, 2.75) is 0 Å². The number of hydrogen-bond acceptors (Lipinski definition) is 5. The first kappa shape index (κ1) is 13.8. The van der Waals surface area contributed by atoms with Gasteiger partial charge >= 0.3 is 6.03 Å². The fourth-order valence-corrected chi connectivity index (χ4v) is 1.75. The van der Waals surface area contributed by atoms with Gasteiger partial charge in [0.2, 0.25) is 5.91 Å². The molecule has 1 aromatic rings. The molecule has 1 aliphatic heterocycles. The molecule has 2 rings (SSSR count). The molecule has 0 atom stereocenters. The monoisotopic (exact) mass is 278 g/mol. The van der Waals surface area contributed by atoms with E-state index in [1.807, 2.05) is 5.43 Å². The summed E-state index contributed by atoms with van der Waals surface area (Å²) in [4.78, 5) is 35.0. The second kappa shape index (κ2) is 6.02. The first-order valence-electron chi connectivity index (χ1n) is 5.94. The van der Waals surface area contributed by atoms with Crippen LogP contribution in [0.3, 0.4) is 0 Å². The van der Waals surface area contributed by atoms with Gasteiger partial charge in [-0.15, -0.1) is 0 Å². The number of rotatable bonds is 5. The number of nitrogens with zero attached hydrogens (tertiary/aromatic N) is 1. The standard InChI is InChI=1S/C12H14N4O4/c13-15-11(18)8-2-1-3-9(6-8)20-5-4-16-10(17)7-14-12(16)19/h1-3,6H,4-5,7,13H2,(H,14,19)(H,15,18). The normalized spacial score (nSPS) is 14.2. The third-order valence-electron chi connectivity index (χ3n) is 2.75. The van der Waals surface area contributed by atoms with Crippen molar-refractivity contribution in [3.63, 3.8) is 0 Å². The SMILES string of the molecule is NNC(=O)c1cccc(OCCN2C(=O)CNC2=O)c1. The van der Waals surface area contributed by atoms with Crippen LogP contribution in [0.15, 0.2) is 24.3 Å². The third kappa shape index (κ3) is 3.04. The van der Waals surface area contributed by atoms with Gasteiger partial charge in [-0.25, -0.2) is 10.6 Å². The average Bonchev–Trinajstić information content (AvgIpc) is 2.78. The lowest BCUT2D eigenvalue weighted by Crippen LogP contribution is -2.34. The quantitative estimate of drug-likeness (QED) is 0.283. The van der Waals surface area contributed by atoms with Gasteiger partial charge in [0.25, 0.3) is 5.91 Å². The molecular formula is C12H14N4O4. The minimum absolute atomic E-state index is 0.0188. The van der Waals surface area contributed by atoms with E-state index in [1.54, 1.807) is 18.2 Å². The molecule has 20 heavy (non-hydrogen) atoms. The molecule has 1 saturated heterocycles. The van der Waals surface area contributed by atoms with E-state index in [0.717, 1.165) is 4.90 Å². The lowest BCUT2D eigenvalue weighted by Gasteiger charge is -2.13. The number of nitrogen functional groups attached to an aromatic ring is 1. The van der Waals surface area contributed by atoms with Gasteiger partial charge in [-0.1, -0.05) is 6.07 Å². The molecule has 0 radical (unpaired) electrons. The Kier molecular flexibility index (Phi) is 4.16. The average molecular weight is 278 g/mol. The van der Waals surface area contributed by atoms with Crippen LogP contribution in [-0.2, 0) is 4.79 Å². The van der Waals surface area contributed by atoms with E-state index in [0.29, 0.717) is 11.3 Å². The Morgan fingerprint density at radius 2 is 2.25 bits per heavy atom. The highest BCUT2D eigenvalue weighted by Gasteiger charge is 2.27. The number of carbonyl (C=O) groups is 3. The van der Waals surface area contributed by atoms with Crippen LogP contribution < -0.4 is 21.3 Å². The van der Waals surface area contributed by atoms with Crippen molar-refractivity contribution in [1.29, 1.82) is 0 Å². The van der Waals surface area contributed by atoms with Crippen molar-refractivity contribution in [2.24, 2.45) is 5.84 Å². The van der Waals surface area contributed by atoms with E-state index in [4.69, 9.17) is 10.6 Å². The van der Waals surface area contributed by atoms with Gasteiger partial charge in [0.05, 0.1) is 13.1 Å². The van der Waals surface area contributed by atoms with Crippen LogP contribution >= 0.6 is 0 Å². The molecular weight excluding hydrogens is 264 g/mol. The largest absolute Gasteiger partial charge is 0.492 e. The van der Waals surface area contributed by atoms with Crippen LogP contribution in [0.2, 0.25) is 0 Å². The minimum atomic E-state index is -0.426. The Morgan fingerprint density at radius 1 is 1.45 bits per heavy atom. The molecule has 0 bridgehead atoms. The maximum Gasteiger partial charge on any atom is 0.324 e. The molecule has 4 amide bonds. The van der Waals surface area contributed by atoms with Crippen molar-refractivity contribution >= 4 is 17.8 Å². The molecule has 1 aliphatic rings. The van der Waals surface area contributed by atoms with Crippen molar-refractivity contribution in [3.05, 3.63) is 29.8 Å². The van der Waals surface area contributed by atoms with E-state index in [2.05, 4.69) is 5.32 Å². The Hall–Kier alpha value is -2.61. The second-order valence-electron chi connectivity index (χ2n) is 4.05. The summed E-state index contributed by atoms with van der Waals surface area (Å²) in [6.45, 7) is 0.315. The summed E-state index contributed by atoms with van der Waals surface area (Å²) in [6, 6.07) is 6.00. The maximum atomic E-state index is 11.3. The van der Waals surface area contributed by atoms with Gasteiger partial charge in [-0.3, -0.25) is 19.9 Å². The molecule has 1 fully saturated rings. The summed E-state index contributed by atoms with van der Waals surface area (Å²) in [5.41, 5.74) is 2.38. The highest BCUT2D eigenvalue weighted by atomic mass is 16.5. The van der Waals surface area contributed by atoms with Crippen molar-refractivity contribution < 1.29 is 19.1 Å². The van der Waals surface area contributed by atoms with E-state index in [9.17, 15) is 14.4 Å². The van der Waals surface area contributed by atoms with Crippen LogP contribution in [0.5, 0.6) is 5.75 Å². The third-order valence-corrected chi connectivity index (χ3v) is 2.75. The summed E-state index contributed by atoms with van der Waals surface area (Å²) >= 11 is 0. The number of urea groups is 1. The Balaban J connectivity index is 1.89. The fourth-order valence-electron chi connectivity index (χ4n) is 1.75. The molecule has 106 valence electrons. The number of hydrogen-bond donors (Lipinski definition) is 3. The Morgan fingerprint density at radius 3 is 2.90 bits per heavy atom. The van der Waals surface area contributed by atoms with E-state index < -0.39 is 11.9 Å². The first-order chi connectivity index (χ1) is 9.61. The van der Waals surface area contributed by atoms with Crippen molar-refractivity contribution in [2.75, 3.05) is 19.7 Å². The Bertz CT molecular complexity index is 530. The van der Waals surface area contributed by atoms with Crippen molar-refractivity contribution in [3.8, 4) is 5.75 Å². The molecule has 8 nitrogen and oxygen atoms in total. The molecule has 0 spiro atoms. The minimum Gasteiger partial charge on any atom is -0.492 e. The molecule has 1 aromatic carbocycles. The number of imide groups is 1. The predicted octanol–water partition coefficient (Wildman–Crippen LogP) is -0.779.